The molecule has 1 radical (unpaired) electrons. The molecule has 0 aromatic rings. The van der Waals surface area contributed by atoms with Gasteiger partial charge in [-0.3, -0.25) is 0 Å². The molecule has 61 valence electrons. The summed E-state index contributed by atoms with van der Waals surface area (Å²) in [5, 5.41) is 0. The molecule has 1 heteroatoms. The van der Waals surface area contributed by atoms with Crippen molar-refractivity contribution in [1.29, 1.82) is 0 Å². The van der Waals surface area contributed by atoms with E-state index in [1.807, 2.05) is 0 Å². The minimum atomic E-state index is 0. The molecule has 0 unspecified atom stereocenters. The minimum absolute atomic E-state index is 0. The van der Waals surface area contributed by atoms with Gasteiger partial charge in [-0.05, 0) is 27.2 Å². The molecule has 0 rings (SSSR count). The smallest absolute Gasteiger partial charge is 0.0230 e. The zero-order valence-electron chi connectivity index (χ0n) is 7.25. The normalized spacial score (nSPS) is 9.20. The van der Waals surface area contributed by atoms with Crippen LogP contribution in [0.1, 0.15) is 40.5 Å². The van der Waals surface area contributed by atoms with Crippen LogP contribution in [-0.4, -0.2) is 0 Å². The van der Waals surface area contributed by atoms with E-state index < -0.39 is 0 Å². The number of rotatable bonds is 1. The van der Waals surface area contributed by atoms with E-state index >= 15 is 0 Å². The molecule has 0 heterocycles. The predicted octanol–water partition coefficient (Wildman–Crippen LogP) is 2.83. The van der Waals surface area contributed by atoms with Gasteiger partial charge >= 0.3 is 0 Å². The van der Waals surface area contributed by atoms with Gasteiger partial charge in [-0.2, -0.15) is 0 Å². The fourth-order valence-electron chi connectivity index (χ4n) is 0.453. The van der Waals surface area contributed by atoms with Crippen molar-refractivity contribution in [2.45, 2.75) is 40.5 Å². The fourth-order valence-corrected chi connectivity index (χ4v) is 0.453. The second kappa shape index (κ2) is 5.82. The zero-order chi connectivity index (χ0) is 7.33. The molecule has 0 saturated carbocycles. The Kier molecular flexibility index (Phi) is 7.40. The van der Waals surface area contributed by atoms with Gasteiger partial charge in [0, 0.05) is 28.6 Å². The molecule has 0 bridgehead atoms. The Morgan fingerprint density at radius 2 is 1.70 bits per heavy atom. The summed E-state index contributed by atoms with van der Waals surface area (Å²) in [5.74, 6) is 6.30. The van der Waals surface area contributed by atoms with Crippen molar-refractivity contribution in [1.82, 2.24) is 0 Å². The van der Waals surface area contributed by atoms with Crippen molar-refractivity contribution in [3.8, 4) is 11.8 Å². The second-order valence-electron chi connectivity index (χ2n) is 3.30. The third kappa shape index (κ3) is 10.9. The van der Waals surface area contributed by atoms with E-state index in [2.05, 4.69) is 39.5 Å². The maximum Gasteiger partial charge on any atom is 0.0230 e. The Balaban J connectivity index is 0. The summed E-state index contributed by atoms with van der Waals surface area (Å²) in [5.41, 5.74) is 0.190. The standard InChI is InChI=1S/C9H16.Co/c1-5-6-7-8-9(2,3)4;/h5-6H2,1-4H3;. The molecule has 0 aliphatic rings. The molecule has 0 aliphatic carbocycles. The summed E-state index contributed by atoms with van der Waals surface area (Å²) >= 11 is 0. The molecular formula is C9H16Co. The van der Waals surface area contributed by atoms with Crippen LogP contribution >= 0.6 is 0 Å². The summed E-state index contributed by atoms with van der Waals surface area (Å²) in [7, 11) is 0. The molecule has 0 aliphatic heterocycles. The van der Waals surface area contributed by atoms with Gasteiger partial charge in [0.25, 0.3) is 0 Å². The van der Waals surface area contributed by atoms with Gasteiger partial charge in [-0.1, -0.05) is 12.8 Å². The Labute approximate surface area is 75.0 Å². The monoisotopic (exact) mass is 183 g/mol. The molecular weight excluding hydrogens is 167 g/mol. The SMILES string of the molecule is CCCC#CC(C)(C)C.[Co]. The van der Waals surface area contributed by atoms with Gasteiger partial charge in [0.15, 0.2) is 0 Å². The zero-order valence-corrected chi connectivity index (χ0v) is 8.29. The first-order valence-corrected chi connectivity index (χ1v) is 3.56. The van der Waals surface area contributed by atoms with E-state index in [1.54, 1.807) is 0 Å². The van der Waals surface area contributed by atoms with Crippen LogP contribution in [0.4, 0.5) is 0 Å². The first-order chi connectivity index (χ1) is 4.06. The van der Waals surface area contributed by atoms with Gasteiger partial charge in [-0.15, -0.1) is 5.92 Å². The van der Waals surface area contributed by atoms with E-state index in [0.29, 0.717) is 0 Å². The fraction of sp³-hybridized carbons (Fsp3) is 0.778. The topological polar surface area (TPSA) is 0 Å². The Bertz CT molecular complexity index is 120. The molecule has 10 heavy (non-hydrogen) atoms. The maximum absolute atomic E-state index is 3.17. The van der Waals surface area contributed by atoms with Gasteiger partial charge in [-0.25, -0.2) is 0 Å². The van der Waals surface area contributed by atoms with E-state index in [9.17, 15) is 0 Å². The van der Waals surface area contributed by atoms with E-state index in [-0.39, 0.29) is 22.2 Å². The molecule has 0 nitrogen and oxygen atoms in total. The van der Waals surface area contributed by atoms with Crippen LogP contribution in [0.25, 0.3) is 0 Å². The first kappa shape index (κ1) is 12.7. The van der Waals surface area contributed by atoms with Crippen molar-refractivity contribution in [3.05, 3.63) is 0 Å². The quantitative estimate of drug-likeness (QED) is 0.548. The summed E-state index contributed by atoms with van der Waals surface area (Å²) < 4.78 is 0. The molecule has 0 atom stereocenters. The van der Waals surface area contributed by atoms with Gasteiger partial charge < -0.3 is 0 Å². The minimum Gasteiger partial charge on any atom is -0.103 e. The number of hydrogen-bond donors (Lipinski definition) is 0. The molecule has 0 amide bonds. The Morgan fingerprint density at radius 3 is 2.00 bits per heavy atom. The summed E-state index contributed by atoms with van der Waals surface area (Å²) in [6.07, 6.45) is 2.21. The largest absolute Gasteiger partial charge is 0.103 e. The Morgan fingerprint density at radius 1 is 1.20 bits per heavy atom. The van der Waals surface area contributed by atoms with Crippen LogP contribution in [0, 0.1) is 17.3 Å². The van der Waals surface area contributed by atoms with E-state index in [0.717, 1.165) is 6.42 Å². The average Bonchev–Trinajstić information content (AvgIpc) is 1.63. The molecule has 0 aromatic carbocycles. The molecule has 0 spiro atoms. The third-order valence-electron chi connectivity index (χ3n) is 0.838. The van der Waals surface area contributed by atoms with Crippen LogP contribution in [-0.2, 0) is 16.8 Å². The molecule has 0 aromatic heterocycles. The van der Waals surface area contributed by atoms with Crippen LogP contribution < -0.4 is 0 Å². The Hall–Kier alpha value is 0.0665. The predicted molar refractivity (Wildman–Crippen MR) is 42.1 cm³/mol. The maximum atomic E-state index is 3.17. The number of hydrogen-bond acceptors (Lipinski definition) is 0. The van der Waals surface area contributed by atoms with Gasteiger partial charge in [0.05, 0.1) is 0 Å². The molecule has 0 N–H and O–H groups in total. The summed E-state index contributed by atoms with van der Waals surface area (Å²) in [6, 6.07) is 0. The second-order valence-corrected chi connectivity index (χ2v) is 3.30. The summed E-state index contributed by atoms with van der Waals surface area (Å²) in [4.78, 5) is 0. The van der Waals surface area contributed by atoms with Crippen LogP contribution in [0.2, 0.25) is 0 Å². The van der Waals surface area contributed by atoms with E-state index in [4.69, 9.17) is 0 Å². The van der Waals surface area contributed by atoms with Crippen molar-refractivity contribution in [2.24, 2.45) is 5.41 Å². The van der Waals surface area contributed by atoms with Crippen LogP contribution in [0.5, 0.6) is 0 Å². The van der Waals surface area contributed by atoms with Crippen LogP contribution in [0.3, 0.4) is 0 Å². The first-order valence-electron chi connectivity index (χ1n) is 3.56. The van der Waals surface area contributed by atoms with Crippen molar-refractivity contribution in [3.63, 3.8) is 0 Å². The van der Waals surface area contributed by atoms with Crippen molar-refractivity contribution in [2.75, 3.05) is 0 Å². The van der Waals surface area contributed by atoms with Crippen molar-refractivity contribution < 1.29 is 16.8 Å². The van der Waals surface area contributed by atoms with E-state index in [1.165, 1.54) is 6.42 Å². The molecule has 0 saturated heterocycles. The van der Waals surface area contributed by atoms with Gasteiger partial charge in [0.2, 0.25) is 0 Å². The summed E-state index contributed by atoms with van der Waals surface area (Å²) in [6.45, 7) is 8.55. The van der Waals surface area contributed by atoms with Crippen molar-refractivity contribution >= 4 is 0 Å². The van der Waals surface area contributed by atoms with Gasteiger partial charge in [0.1, 0.15) is 0 Å². The number of unbranched alkanes of at least 4 members (excludes halogenated alkanes) is 1. The van der Waals surface area contributed by atoms with Crippen LogP contribution in [0.15, 0.2) is 0 Å². The molecule has 0 fully saturated rings. The third-order valence-corrected chi connectivity index (χ3v) is 0.838. The average molecular weight is 183 g/mol.